The molecular formula is C24H24F3N7O. The summed E-state index contributed by atoms with van der Waals surface area (Å²) < 4.78 is 42.2. The van der Waals surface area contributed by atoms with Crippen LogP contribution in [0.15, 0.2) is 42.7 Å². The SMILES string of the molecule is N#CC[C@]1(n2cc(C(N)=O)c(Nc3ccnc(F)c3)n2)CC[C@H](NCc2ccc(F)cc2F)CC1. The molecule has 0 saturated heterocycles. The summed E-state index contributed by atoms with van der Waals surface area (Å²) in [4.78, 5) is 15.6. The molecule has 1 amide bonds. The van der Waals surface area contributed by atoms with Crippen molar-refractivity contribution in [2.75, 3.05) is 5.32 Å². The van der Waals surface area contributed by atoms with Gasteiger partial charge in [-0.1, -0.05) is 6.07 Å². The molecule has 2 aromatic heterocycles. The first-order valence-corrected chi connectivity index (χ1v) is 11.1. The van der Waals surface area contributed by atoms with Crippen molar-refractivity contribution in [1.29, 1.82) is 5.26 Å². The Kier molecular flexibility index (Phi) is 7.02. The number of nitrogens with two attached hydrogens (primary N) is 1. The summed E-state index contributed by atoms with van der Waals surface area (Å²) in [5.74, 6) is -2.47. The molecular weight excluding hydrogens is 459 g/mol. The molecule has 11 heteroatoms. The van der Waals surface area contributed by atoms with Crippen molar-refractivity contribution in [2.45, 2.75) is 50.2 Å². The minimum atomic E-state index is -0.711. The number of benzene rings is 1. The number of nitriles is 1. The summed E-state index contributed by atoms with van der Waals surface area (Å²) in [6.45, 7) is 0.256. The average molecular weight is 483 g/mol. The van der Waals surface area contributed by atoms with Crippen LogP contribution in [0.1, 0.15) is 48.0 Å². The average Bonchev–Trinajstić information content (AvgIpc) is 3.24. The molecule has 1 aliphatic rings. The van der Waals surface area contributed by atoms with Gasteiger partial charge in [-0.3, -0.25) is 9.48 Å². The quantitative estimate of drug-likeness (QED) is 0.418. The number of carbonyl (C=O) groups is 1. The van der Waals surface area contributed by atoms with Gasteiger partial charge < -0.3 is 16.4 Å². The molecule has 4 N–H and O–H groups in total. The first-order chi connectivity index (χ1) is 16.8. The number of aromatic nitrogens is 3. The fraction of sp³-hybridized carbons (Fsp3) is 0.333. The van der Waals surface area contributed by atoms with Gasteiger partial charge in [0.25, 0.3) is 5.91 Å². The highest BCUT2D eigenvalue weighted by atomic mass is 19.1. The Labute approximate surface area is 200 Å². The molecule has 0 spiro atoms. The Balaban J connectivity index is 1.50. The van der Waals surface area contributed by atoms with E-state index in [1.54, 1.807) is 4.68 Å². The molecule has 1 fully saturated rings. The molecule has 8 nitrogen and oxygen atoms in total. The fourth-order valence-corrected chi connectivity index (χ4v) is 4.42. The molecule has 0 unspecified atom stereocenters. The van der Waals surface area contributed by atoms with E-state index in [9.17, 15) is 23.2 Å². The second kappa shape index (κ2) is 10.1. The lowest BCUT2D eigenvalue weighted by atomic mass is 9.77. The van der Waals surface area contributed by atoms with Gasteiger partial charge in [0, 0.05) is 48.4 Å². The molecule has 0 radical (unpaired) electrons. The van der Waals surface area contributed by atoms with Gasteiger partial charge in [-0.15, -0.1) is 0 Å². The van der Waals surface area contributed by atoms with Crippen molar-refractivity contribution in [1.82, 2.24) is 20.1 Å². The Morgan fingerprint density at radius 1 is 1.23 bits per heavy atom. The van der Waals surface area contributed by atoms with Crippen LogP contribution in [0.3, 0.4) is 0 Å². The number of primary amides is 1. The number of carbonyl (C=O) groups excluding carboxylic acids is 1. The number of hydrogen-bond acceptors (Lipinski definition) is 6. The lowest BCUT2D eigenvalue weighted by Crippen LogP contribution is -2.43. The van der Waals surface area contributed by atoms with E-state index in [0.717, 1.165) is 12.1 Å². The maximum absolute atomic E-state index is 13.9. The summed E-state index contributed by atoms with van der Waals surface area (Å²) >= 11 is 0. The Morgan fingerprint density at radius 2 is 2.00 bits per heavy atom. The third-order valence-electron chi connectivity index (χ3n) is 6.38. The molecule has 0 atom stereocenters. The topological polar surface area (TPSA) is 122 Å². The van der Waals surface area contributed by atoms with Crippen LogP contribution in [0, 0.1) is 28.9 Å². The summed E-state index contributed by atoms with van der Waals surface area (Å²) in [5.41, 5.74) is 5.73. The van der Waals surface area contributed by atoms with E-state index < -0.39 is 29.0 Å². The Morgan fingerprint density at radius 3 is 2.66 bits per heavy atom. The van der Waals surface area contributed by atoms with E-state index in [2.05, 4.69) is 26.8 Å². The first kappa shape index (κ1) is 24.2. The number of pyridine rings is 1. The largest absolute Gasteiger partial charge is 0.365 e. The van der Waals surface area contributed by atoms with Crippen molar-refractivity contribution < 1.29 is 18.0 Å². The zero-order valence-corrected chi connectivity index (χ0v) is 18.8. The van der Waals surface area contributed by atoms with Crippen LogP contribution in [0.25, 0.3) is 0 Å². The van der Waals surface area contributed by atoms with E-state index in [1.807, 2.05) is 0 Å². The zero-order valence-electron chi connectivity index (χ0n) is 18.8. The predicted molar refractivity (Wildman–Crippen MR) is 122 cm³/mol. The minimum Gasteiger partial charge on any atom is -0.365 e. The van der Waals surface area contributed by atoms with Crippen LogP contribution >= 0.6 is 0 Å². The van der Waals surface area contributed by atoms with Gasteiger partial charge >= 0.3 is 0 Å². The standard InChI is InChI=1S/C24H24F3N7O/c25-16-2-1-15(20(26)11-16)13-31-17-3-6-24(7-4-17,8-9-28)34-14-19(22(29)35)23(33-34)32-18-5-10-30-21(27)12-18/h1-2,5,10-12,14,17,31H,3-4,6-8,13H2,(H2,29,35)(H,30,32,33)/t17-,24-. The van der Waals surface area contributed by atoms with E-state index in [0.29, 0.717) is 36.9 Å². The summed E-state index contributed by atoms with van der Waals surface area (Å²) in [7, 11) is 0. The van der Waals surface area contributed by atoms with E-state index in [-0.39, 0.29) is 30.4 Å². The van der Waals surface area contributed by atoms with Gasteiger partial charge in [-0.25, -0.2) is 13.8 Å². The number of amides is 1. The van der Waals surface area contributed by atoms with Gasteiger partial charge in [-0.05, 0) is 37.8 Å². The fourth-order valence-electron chi connectivity index (χ4n) is 4.42. The normalized spacial score (nSPS) is 19.8. The molecule has 35 heavy (non-hydrogen) atoms. The zero-order chi connectivity index (χ0) is 25.0. The van der Waals surface area contributed by atoms with Crippen LogP contribution in [-0.2, 0) is 12.1 Å². The maximum Gasteiger partial charge on any atom is 0.254 e. The number of halogens is 3. The second-order valence-electron chi connectivity index (χ2n) is 8.64. The molecule has 182 valence electrons. The molecule has 4 rings (SSSR count). The highest BCUT2D eigenvalue weighted by Gasteiger charge is 2.38. The van der Waals surface area contributed by atoms with Crippen LogP contribution < -0.4 is 16.4 Å². The number of anilines is 2. The van der Waals surface area contributed by atoms with Crippen LogP contribution in [0.4, 0.5) is 24.7 Å². The highest BCUT2D eigenvalue weighted by molar-refractivity contribution is 5.98. The second-order valence-corrected chi connectivity index (χ2v) is 8.64. The van der Waals surface area contributed by atoms with Crippen molar-refractivity contribution in [3.63, 3.8) is 0 Å². The van der Waals surface area contributed by atoms with Crippen LogP contribution in [0.5, 0.6) is 0 Å². The van der Waals surface area contributed by atoms with Gasteiger partial charge in [0.05, 0.1) is 18.0 Å². The van der Waals surface area contributed by atoms with Crippen LogP contribution in [0.2, 0.25) is 0 Å². The Hall–Kier alpha value is -3.91. The van der Waals surface area contributed by atoms with Crippen LogP contribution in [-0.4, -0.2) is 26.7 Å². The lowest BCUT2D eigenvalue weighted by molar-refractivity contribution is 0.1000. The van der Waals surface area contributed by atoms with Gasteiger partial charge in [0.1, 0.15) is 17.2 Å². The molecule has 0 bridgehead atoms. The molecule has 3 aromatic rings. The third-order valence-corrected chi connectivity index (χ3v) is 6.38. The third kappa shape index (κ3) is 5.44. The van der Waals surface area contributed by atoms with Crippen molar-refractivity contribution in [3.05, 3.63) is 71.4 Å². The molecule has 0 aliphatic heterocycles. The first-order valence-electron chi connectivity index (χ1n) is 11.1. The smallest absolute Gasteiger partial charge is 0.254 e. The summed E-state index contributed by atoms with van der Waals surface area (Å²) in [5, 5.41) is 20.2. The van der Waals surface area contributed by atoms with Gasteiger partial charge in [0.15, 0.2) is 5.82 Å². The van der Waals surface area contributed by atoms with Crippen molar-refractivity contribution in [3.8, 4) is 6.07 Å². The predicted octanol–water partition coefficient (Wildman–Crippen LogP) is 3.88. The van der Waals surface area contributed by atoms with Gasteiger partial charge in [-0.2, -0.15) is 14.8 Å². The molecule has 1 saturated carbocycles. The number of nitrogens with zero attached hydrogens (tertiary/aromatic N) is 4. The Bertz CT molecular complexity index is 1260. The van der Waals surface area contributed by atoms with E-state index in [1.165, 1.54) is 30.6 Å². The monoisotopic (exact) mass is 483 g/mol. The van der Waals surface area contributed by atoms with Crippen molar-refractivity contribution >= 4 is 17.4 Å². The summed E-state index contributed by atoms with van der Waals surface area (Å²) in [6.07, 6.45) is 5.46. The number of hydrogen-bond donors (Lipinski definition) is 3. The number of nitrogens with one attached hydrogen (secondary N) is 2. The minimum absolute atomic E-state index is 0.0647. The van der Waals surface area contributed by atoms with E-state index >= 15 is 0 Å². The highest BCUT2D eigenvalue weighted by Crippen LogP contribution is 2.39. The number of rotatable bonds is 8. The molecule has 2 heterocycles. The van der Waals surface area contributed by atoms with E-state index in [4.69, 9.17) is 5.73 Å². The van der Waals surface area contributed by atoms with Crippen molar-refractivity contribution in [2.24, 2.45) is 5.73 Å². The van der Waals surface area contributed by atoms with Gasteiger partial charge in [0.2, 0.25) is 5.95 Å². The maximum atomic E-state index is 13.9. The lowest BCUT2D eigenvalue weighted by Gasteiger charge is -2.39. The molecule has 1 aliphatic carbocycles. The molecule has 1 aromatic carbocycles. The summed E-state index contributed by atoms with van der Waals surface area (Å²) in [6, 6.07) is 8.46.